The summed E-state index contributed by atoms with van der Waals surface area (Å²) in [5.41, 5.74) is 1.53. The Kier molecular flexibility index (Phi) is 4.62. The number of carbonyl (C=O) groups is 1. The van der Waals surface area contributed by atoms with Crippen LogP contribution in [0.2, 0.25) is 0 Å². The van der Waals surface area contributed by atoms with Crippen LogP contribution >= 0.6 is 22.7 Å². The van der Waals surface area contributed by atoms with Crippen molar-refractivity contribution >= 4 is 28.6 Å². The minimum atomic E-state index is -0.317. The molecule has 0 aliphatic rings. The summed E-state index contributed by atoms with van der Waals surface area (Å²) < 4.78 is 4.89. The second-order valence-corrected chi connectivity index (χ2v) is 5.83. The van der Waals surface area contributed by atoms with E-state index in [1.807, 2.05) is 17.7 Å². The quantitative estimate of drug-likeness (QED) is 0.858. The lowest BCUT2D eigenvalue weighted by molar-refractivity contribution is -0.142. The van der Waals surface area contributed by atoms with Gasteiger partial charge in [-0.05, 0) is 0 Å². The van der Waals surface area contributed by atoms with Gasteiger partial charge in [-0.2, -0.15) is 0 Å². The minimum absolute atomic E-state index is 0.0410. The van der Waals surface area contributed by atoms with E-state index in [9.17, 15) is 4.79 Å². The summed E-state index contributed by atoms with van der Waals surface area (Å²) in [6.45, 7) is 3.57. The first kappa shape index (κ1) is 14.1. The highest BCUT2D eigenvalue weighted by Gasteiger charge is 2.13. The first-order chi connectivity index (χ1) is 9.10. The first-order valence-electron chi connectivity index (χ1n) is 5.74. The lowest BCUT2D eigenvalue weighted by Gasteiger charge is -2.00. The van der Waals surface area contributed by atoms with Crippen molar-refractivity contribution < 1.29 is 14.6 Å². The highest BCUT2D eigenvalue weighted by molar-refractivity contribution is 7.14. The van der Waals surface area contributed by atoms with Gasteiger partial charge in [0.05, 0.1) is 17.3 Å². The second-order valence-electron chi connectivity index (χ2n) is 4.08. The molecule has 2 rings (SSSR count). The normalized spacial score (nSPS) is 12.4. The molecule has 1 atom stereocenters. The molecule has 0 saturated carbocycles. The van der Waals surface area contributed by atoms with Crippen molar-refractivity contribution in [2.24, 2.45) is 0 Å². The van der Waals surface area contributed by atoms with Crippen LogP contribution in [0.5, 0.6) is 0 Å². The summed E-state index contributed by atoms with van der Waals surface area (Å²) in [4.78, 5) is 19.6. The molecule has 19 heavy (non-hydrogen) atoms. The average molecular weight is 298 g/mol. The lowest BCUT2D eigenvalue weighted by Crippen LogP contribution is -1.99. The molecule has 0 aliphatic heterocycles. The van der Waals surface area contributed by atoms with Gasteiger partial charge in [0.1, 0.15) is 17.3 Å². The topological polar surface area (TPSA) is 72.3 Å². The molecule has 1 N–H and O–H groups in total. The van der Waals surface area contributed by atoms with Gasteiger partial charge in [0.25, 0.3) is 0 Å². The second kappa shape index (κ2) is 6.23. The summed E-state index contributed by atoms with van der Waals surface area (Å²) >= 11 is 2.98. The van der Waals surface area contributed by atoms with Gasteiger partial charge in [0.2, 0.25) is 0 Å². The average Bonchev–Trinajstić information content (AvgIpc) is 3.03. The number of hydrogen-bond acceptors (Lipinski definition) is 7. The molecular weight excluding hydrogens is 284 g/mol. The summed E-state index contributed by atoms with van der Waals surface area (Å²) in [5, 5.41) is 14.6. The number of aliphatic hydroxyl groups is 1. The van der Waals surface area contributed by atoms with Crippen molar-refractivity contribution in [3.8, 4) is 10.7 Å². The number of nitrogens with zero attached hydrogens (tertiary/aromatic N) is 2. The van der Waals surface area contributed by atoms with E-state index in [-0.39, 0.29) is 25.1 Å². The van der Waals surface area contributed by atoms with Gasteiger partial charge < -0.3 is 9.84 Å². The largest absolute Gasteiger partial charge is 0.459 e. The van der Waals surface area contributed by atoms with Crippen LogP contribution in [0, 0.1) is 0 Å². The molecule has 7 heteroatoms. The fourth-order valence-corrected chi connectivity index (χ4v) is 3.05. The number of ether oxygens (including phenoxy) is 1. The standard InChI is InChI=1S/C12H14N2O3S2/c1-7(3-15)11-14-10(6-19-11)12-13-9(5-18-12)4-17-8(2)16/h5-7,15H,3-4H2,1-2H3/t7-/m0/s1. The van der Waals surface area contributed by atoms with E-state index in [0.717, 1.165) is 21.4 Å². The predicted octanol–water partition coefficient (Wildman–Crippen LogP) is 2.43. The van der Waals surface area contributed by atoms with E-state index in [1.54, 1.807) is 0 Å². The Balaban J connectivity index is 2.09. The van der Waals surface area contributed by atoms with E-state index in [1.165, 1.54) is 29.6 Å². The SMILES string of the molecule is CC(=O)OCc1csc(-c2csc([C@@H](C)CO)n2)n1. The predicted molar refractivity (Wildman–Crippen MR) is 74.2 cm³/mol. The Morgan fingerprint density at radius 1 is 1.42 bits per heavy atom. The highest BCUT2D eigenvalue weighted by Crippen LogP contribution is 2.28. The number of thiazole rings is 2. The third-order valence-corrected chi connectivity index (χ3v) is 4.40. The third kappa shape index (κ3) is 3.59. The summed E-state index contributed by atoms with van der Waals surface area (Å²) in [7, 11) is 0. The van der Waals surface area contributed by atoms with Crippen molar-refractivity contribution in [2.75, 3.05) is 6.61 Å². The van der Waals surface area contributed by atoms with Gasteiger partial charge in [-0.1, -0.05) is 6.92 Å². The van der Waals surface area contributed by atoms with E-state index in [0.29, 0.717) is 0 Å². The number of aliphatic hydroxyl groups excluding tert-OH is 1. The summed E-state index contributed by atoms with van der Waals surface area (Å²) in [6, 6.07) is 0. The van der Waals surface area contributed by atoms with E-state index >= 15 is 0 Å². The Labute approximate surface area is 118 Å². The zero-order chi connectivity index (χ0) is 13.8. The van der Waals surface area contributed by atoms with E-state index in [4.69, 9.17) is 9.84 Å². The van der Waals surface area contributed by atoms with Crippen molar-refractivity contribution in [1.29, 1.82) is 0 Å². The lowest BCUT2D eigenvalue weighted by atomic mass is 10.2. The van der Waals surface area contributed by atoms with Crippen molar-refractivity contribution in [2.45, 2.75) is 26.4 Å². The molecule has 0 amide bonds. The molecule has 0 saturated heterocycles. The van der Waals surface area contributed by atoms with Crippen LogP contribution in [-0.2, 0) is 16.1 Å². The van der Waals surface area contributed by atoms with Crippen LogP contribution in [0.15, 0.2) is 10.8 Å². The van der Waals surface area contributed by atoms with Crippen molar-refractivity contribution in [1.82, 2.24) is 9.97 Å². The number of aromatic nitrogens is 2. The van der Waals surface area contributed by atoms with Gasteiger partial charge in [-0.15, -0.1) is 22.7 Å². The number of hydrogen-bond donors (Lipinski definition) is 1. The Hall–Kier alpha value is -1.31. The fourth-order valence-electron chi connectivity index (χ4n) is 1.36. The van der Waals surface area contributed by atoms with Gasteiger partial charge in [-0.3, -0.25) is 4.79 Å². The Morgan fingerprint density at radius 3 is 2.89 bits per heavy atom. The number of esters is 1. The molecule has 2 aromatic heterocycles. The van der Waals surface area contributed by atoms with Crippen LogP contribution in [0.1, 0.15) is 30.5 Å². The molecule has 0 aromatic carbocycles. The molecule has 0 bridgehead atoms. The molecule has 0 aliphatic carbocycles. The maximum Gasteiger partial charge on any atom is 0.303 e. The molecule has 0 fully saturated rings. The molecular formula is C12H14N2O3S2. The van der Waals surface area contributed by atoms with Crippen molar-refractivity contribution in [3.63, 3.8) is 0 Å². The van der Waals surface area contributed by atoms with Gasteiger partial charge in [-0.25, -0.2) is 9.97 Å². The third-order valence-electron chi connectivity index (χ3n) is 2.41. The van der Waals surface area contributed by atoms with E-state index in [2.05, 4.69) is 9.97 Å². The van der Waals surface area contributed by atoms with Crippen LogP contribution in [0.3, 0.4) is 0 Å². The Bertz CT molecular complexity index is 565. The van der Waals surface area contributed by atoms with Crippen LogP contribution < -0.4 is 0 Å². The van der Waals surface area contributed by atoms with Crippen molar-refractivity contribution in [3.05, 3.63) is 21.5 Å². The first-order valence-corrected chi connectivity index (χ1v) is 7.50. The van der Waals surface area contributed by atoms with Crippen LogP contribution in [0.25, 0.3) is 10.7 Å². The molecule has 2 aromatic rings. The molecule has 0 spiro atoms. The number of carbonyl (C=O) groups excluding carboxylic acids is 1. The summed E-state index contributed by atoms with van der Waals surface area (Å²) in [5.74, 6) is -0.276. The van der Waals surface area contributed by atoms with Gasteiger partial charge in [0.15, 0.2) is 0 Å². The van der Waals surface area contributed by atoms with Gasteiger partial charge in [0, 0.05) is 23.6 Å². The molecule has 5 nitrogen and oxygen atoms in total. The maximum atomic E-state index is 10.7. The van der Waals surface area contributed by atoms with E-state index < -0.39 is 0 Å². The maximum absolute atomic E-state index is 10.7. The molecule has 2 heterocycles. The highest BCUT2D eigenvalue weighted by atomic mass is 32.1. The molecule has 0 unspecified atom stereocenters. The number of rotatable bonds is 5. The zero-order valence-electron chi connectivity index (χ0n) is 10.6. The Morgan fingerprint density at radius 2 is 2.21 bits per heavy atom. The van der Waals surface area contributed by atoms with Gasteiger partial charge >= 0.3 is 5.97 Å². The summed E-state index contributed by atoms with van der Waals surface area (Å²) in [6.07, 6.45) is 0. The minimum Gasteiger partial charge on any atom is -0.459 e. The molecule has 0 radical (unpaired) electrons. The monoisotopic (exact) mass is 298 g/mol. The van der Waals surface area contributed by atoms with Crippen LogP contribution in [0.4, 0.5) is 0 Å². The van der Waals surface area contributed by atoms with Crippen LogP contribution in [-0.4, -0.2) is 27.7 Å². The zero-order valence-corrected chi connectivity index (χ0v) is 12.3. The fraction of sp³-hybridized carbons (Fsp3) is 0.417. The molecule has 102 valence electrons. The smallest absolute Gasteiger partial charge is 0.303 e.